The summed E-state index contributed by atoms with van der Waals surface area (Å²) in [6.45, 7) is 3.27. The number of carbonyl (C=O) groups excluding carboxylic acids is 1. The molecule has 2 fully saturated rings. The topological polar surface area (TPSA) is 42.0 Å². The Bertz CT molecular complexity index is 832. The quantitative estimate of drug-likeness (QED) is 0.812. The van der Waals surface area contributed by atoms with Gasteiger partial charge >= 0.3 is 0 Å². The monoisotopic (exact) mass is 384 g/mol. The molecule has 0 aliphatic carbocycles. The molecular weight excluding hydrogens is 359 g/mol. The maximum absolute atomic E-state index is 13.2. The molecule has 148 valence electrons. The highest BCUT2D eigenvalue weighted by Gasteiger charge is 2.42. The highest BCUT2D eigenvalue weighted by Crippen LogP contribution is 2.33. The van der Waals surface area contributed by atoms with Crippen molar-refractivity contribution in [1.82, 2.24) is 4.90 Å². The molecule has 0 bridgehead atoms. The molecular formula is C22H25FN2O3. The maximum Gasteiger partial charge on any atom is 0.253 e. The number of hydrogen-bond donors (Lipinski definition) is 0. The Morgan fingerprint density at radius 3 is 2.61 bits per heavy atom. The van der Waals surface area contributed by atoms with E-state index < -0.39 is 0 Å². The Hall–Kier alpha value is -2.44. The van der Waals surface area contributed by atoms with Gasteiger partial charge in [-0.25, -0.2) is 4.39 Å². The second-order valence-electron chi connectivity index (χ2n) is 7.56. The van der Waals surface area contributed by atoms with Gasteiger partial charge < -0.3 is 14.4 Å². The van der Waals surface area contributed by atoms with Crippen LogP contribution in [0.2, 0.25) is 0 Å². The van der Waals surface area contributed by atoms with Gasteiger partial charge in [-0.2, -0.15) is 0 Å². The lowest BCUT2D eigenvalue weighted by Gasteiger charge is -2.47. The van der Waals surface area contributed by atoms with Gasteiger partial charge in [-0.1, -0.05) is 12.1 Å². The third kappa shape index (κ3) is 4.03. The van der Waals surface area contributed by atoms with Crippen LogP contribution in [-0.4, -0.2) is 49.8 Å². The van der Waals surface area contributed by atoms with Crippen LogP contribution in [0.25, 0.3) is 0 Å². The fourth-order valence-electron chi connectivity index (χ4n) is 4.02. The number of benzene rings is 2. The number of ether oxygens (including phenoxy) is 2. The summed E-state index contributed by atoms with van der Waals surface area (Å²) in [4.78, 5) is 16.5. The molecule has 28 heavy (non-hydrogen) atoms. The summed E-state index contributed by atoms with van der Waals surface area (Å²) in [5, 5.41) is 0. The van der Waals surface area contributed by atoms with Crippen molar-refractivity contribution in [3.8, 4) is 5.75 Å². The molecule has 1 amide bonds. The van der Waals surface area contributed by atoms with E-state index in [-0.39, 0.29) is 23.9 Å². The van der Waals surface area contributed by atoms with Gasteiger partial charge in [0, 0.05) is 25.3 Å². The third-order valence-corrected chi connectivity index (χ3v) is 5.70. The number of likely N-dealkylation sites (tertiary alicyclic amines) is 1. The van der Waals surface area contributed by atoms with Gasteiger partial charge in [0.15, 0.2) is 0 Å². The van der Waals surface area contributed by atoms with Crippen molar-refractivity contribution >= 4 is 11.6 Å². The zero-order valence-corrected chi connectivity index (χ0v) is 16.1. The van der Waals surface area contributed by atoms with Crippen LogP contribution in [0.3, 0.4) is 0 Å². The van der Waals surface area contributed by atoms with E-state index in [9.17, 15) is 9.18 Å². The minimum absolute atomic E-state index is 0.0731. The summed E-state index contributed by atoms with van der Waals surface area (Å²) in [5.41, 5.74) is 1.63. The number of methoxy groups -OCH3 is 1. The first-order valence-corrected chi connectivity index (χ1v) is 9.62. The van der Waals surface area contributed by atoms with Crippen LogP contribution in [0, 0.1) is 5.82 Å². The Labute approximate surface area is 164 Å². The van der Waals surface area contributed by atoms with Crippen LogP contribution in [0.15, 0.2) is 48.5 Å². The summed E-state index contributed by atoms with van der Waals surface area (Å²) in [5.74, 6) is 0.496. The molecule has 2 heterocycles. The Morgan fingerprint density at radius 2 is 1.89 bits per heavy atom. The van der Waals surface area contributed by atoms with E-state index >= 15 is 0 Å². The number of piperidine rings is 1. The summed E-state index contributed by atoms with van der Waals surface area (Å²) in [6.07, 6.45) is 1.73. The maximum atomic E-state index is 13.2. The Balaban J connectivity index is 1.40. The van der Waals surface area contributed by atoms with Gasteiger partial charge in [0.05, 0.1) is 19.3 Å². The molecule has 1 spiro atoms. The van der Waals surface area contributed by atoms with E-state index in [0.29, 0.717) is 6.54 Å². The van der Waals surface area contributed by atoms with Crippen molar-refractivity contribution in [3.05, 3.63) is 59.9 Å². The first-order chi connectivity index (χ1) is 13.6. The van der Waals surface area contributed by atoms with Crippen LogP contribution in [-0.2, 0) is 16.1 Å². The van der Waals surface area contributed by atoms with Crippen molar-refractivity contribution in [2.75, 3.05) is 38.3 Å². The molecule has 2 aromatic rings. The largest absolute Gasteiger partial charge is 0.497 e. The van der Waals surface area contributed by atoms with Gasteiger partial charge in [-0.3, -0.25) is 9.69 Å². The van der Waals surface area contributed by atoms with E-state index in [1.807, 2.05) is 12.1 Å². The molecule has 0 radical (unpaired) electrons. The predicted octanol–water partition coefficient (Wildman–Crippen LogP) is 3.23. The molecule has 5 nitrogen and oxygen atoms in total. The lowest BCUT2D eigenvalue weighted by atomic mass is 9.88. The molecule has 0 N–H and O–H groups in total. The van der Waals surface area contributed by atoms with Crippen molar-refractivity contribution in [2.45, 2.75) is 25.0 Å². The van der Waals surface area contributed by atoms with Gasteiger partial charge in [-0.05, 0) is 54.8 Å². The lowest BCUT2D eigenvalue weighted by Crippen LogP contribution is -2.58. The number of amides is 1. The lowest BCUT2D eigenvalue weighted by molar-refractivity contribution is -0.144. The molecule has 2 aliphatic heterocycles. The third-order valence-electron chi connectivity index (χ3n) is 5.70. The van der Waals surface area contributed by atoms with Gasteiger partial charge in [-0.15, -0.1) is 0 Å². The molecule has 2 aromatic carbocycles. The number of halogens is 1. The van der Waals surface area contributed by atoms with Gasteiger partial charge in [0.2, 0.25) is 0 Å². The Morgan fingerprint density at radius 1 is 1.14 bits per heavy atom. The average molecular weight is 384 g/mol. The van der Waals surface area contributed by atoms with Gasteiger partial charge in [0.25, 0.3) is 5.91 Å². The van der Waals surface area contributed by atoms with E-state index in [0.717, 1.165) is 43.9 Å². The van der Waals surface area contributed by atoms with Crippen LogP contribution < -0.4 is 9.64 Å². The summed E-state index contributed by atoms with van der Waals surface area (Å²) < 4.78 is 24.6. The molecule has 2 aliphatic rings. The fraction of sp³-hybridized carbons (Fsp3) is 0.409. The van der Waals surface area contributed by atoms with E-state index in [4.69, 9.17) is 9.47 Å². The minimum Gasteiger partial charge on any atom is -0.497 e. The summed E-state index contributed by atoms with van der Waals surface area (Å²) in [6, 6.07) is 14.2. The van der Waals surface area contributed by atoms with Crippen molar-refractivity contribution in [3.63, 3.8) is 0 Å². The van der Waals surface area contributed by atoms with Gasteiger partial charge in [0.1, 0.15) is 18.2 Å². The summed E-state index contributed by atoms with van der Waals surface area (Å²) >= 11 is 0. The molecule has 0 aromatic heterocycles. The van der Waals surface area contributed by atoms with E-state index in [1.54, 1.807) is 24.1 Å². The molecule has 0 saturated carbocycles. The number of morpholine rings is 1. The van der Waals surface area contributed by atoms with Crippen LogP contribution in [0.4, 0.5) is 10.1 Å². The molecule has 4 rings (SSSR count). The number of rotatable bonds is 4. The van der Waals surface area contributed by atoms with Crippen LogP contribution in [0.5, 0.6) is 5.75 Å². The normalized spacial score (nSPS) is 19.8. The van der Waals surface area contributed by atoms with Crippen LogP contribution >= 0.6 is 0 Å². The molecule has 2 saturated heterocycles. The average Bonchev–Trinajstić information content (AvgIpc) is 2.73. The fourth-order valence-corrected chi connectivity index (χ4v) is 4.02. The number of nitrogens with zero attached hydrogens (tertiary/aromatic N) is 2. The number of hydrogen-bond acceptors (Lipinski definition) is 4. The zero-order chi connectivity index (χ0) is 19.6. The second kappa shape index (κ2) is 7.89. The minimum atomic E-state index is -0.326. The molecule has 0 unspecified atom stereocenters. The highest BCUT2D eigenvalue weighted by atomic mass is 19.1. The van der Waals surface area contributed by atoms with Crippen molar-refractivity contribution < 1.29 is 18.7 Å². The zero-order valence-electron chi connectivity index (χ0n) is 16.1. The van der Waals surface area contributed by atoms with Crippen molar-refractivity contribution in [2.24, 2.45) is 0 Å². The second-order valence-corrected chi connectivity index (χ2v) is 7.56. The predicted molar refractivity (Wildman–Crippen MR) is 105 cm³/mol. The van der Waals surface area contributed by atoms with E-state index in [2.05, 4.69) is 17.0 Å². The van der Waals surface area contributed by atoms with Crippen molar-refractivity contribution in [1.29, 1.82) is 0 Å². The van der Waals surface area contributed by atoms with Crippen LogP contribution in [0.1, 0.15) is 18.4 Å². The Kier molecular flexibility index (Phi) is 5.33. The highest BCUT2D eigenvalue weighted by molar-refractivity contribution is 5.95. The molecule has 6 heteroatoms. The van der Waals surface area contributed by atoms with E-state index in [1.165, 1.54) is 17.7 Å². The first kappa shape index (κ1) is 18.9. The molecule has 0 atom stereocenters. The summed E-state index contributed by atoms with van der Waals surface area (Å²) in [7, 11) is 1.68. The first-order valence-electron chi connectivity index (χ1n) is 9.62. The smallest absolute Gasteiger partial charge is 0.253 e. The number of anilines is 1. The number of carbonyl (C=O) groups is 1. The SMILES string of the molecule is COc1cccc(CN2CCC3(CC2)CN(c2ccc(F)cc2)C(=O)CO3)c1. The standard InChI is InChI=1S/C22H25FN2O3/c1-27-20-4-2-3-17(13-20)14-24-11-9-22(10-12-24)16-25(21(26)15-28-22)19-7-5-18(23)6-8-19/h2-8,13H,9-12,14-16H2,1H3.